The zero-order chi connectivity index (χ0) is 10.9. The molecule has 1 rings (SSSR count). The SMILES string of the molecule is OCCCCCC(O)Oc1ccccc1. The van der Waals surface area contributed by atoms with Gasteiger partial charge in [0.15, 0.2) is 6.29 Å². The molecular formula is C12H18O3. The van der Waals surface area contributed by atoms with Crippen LogP contribution in [0.1, 0.15) is 25.7 Å². The second kappa shape index (κ2) is 7.26. The monoisotopic (exact) mass is 210 g/mol. The summed E-state index contributed by atoms with van der Waals surface area (Å²) in [5.74, 6) is 0.687. The van der Waals surface area contributed by atoms with Crippen LogP contribution >= 0.6 is 0 Å². The first-order valence-electron chi connectivity index (χ1n) is 5.33. The van der Waals surface area contributed by atoms with Gasteiger partial charge in [-0.2, -0.15) is 0 Å². The second-order valence-corrected chi connectivity index (χ2v) is 3.46. The van der Waals surface area contributed by atoms with E-state index in [1.807, 2.05) is 30.3 Å². The first-order valence-corrected chi connectivity index (χ1v) is 5.33. The molecule has 1 aromatic rings. The third kappa shape index (κ3) is 5.40. The highest BCUT2D eigenvalue weighted by Gasteiger charge is 2.04. The highest BCUT2D eigenvalue weighted by Crippen LogP contribution is 2.12. The number of aliphatic hydroxyl groups excluding tert-OH is 2. The van der Waals surface area contributed by atoms with E-state index in [9.17, 15) is 5.11 Å². The van der Waals surface area contributed by atoms with Crippen molar-refractivity contribution in [2.24, 2.45) is 0 Å². The Bertz CT molecular complexity index is 248. The Morgan fingerprint density at radius 3 is 2.47 bits per heavy atom. The standard InChI is InChI=1S/C12H18O3/c13-10-6-2-5-9-12(14)15-11-7-3-1-4-8-11/h1,3-4,7-8,12-14H,2,5-6,9-10H2. The van der Waals surface area contributed by atoms with Gasteiger partial charge in [0.25, 0.3) is 0 Å². The third-order valence-electron chi connectivity index (χ3n) is 2.12. The van der Waals surface area contributed by atoms with Crippen LogP contribution in [0, 0.1) is 0 Å². The quantitative estimate of drug-likeness (QED) is 0.534. The van der Waals surface area contributed by atoms with Crippen molar-refractivity contribution in [3.63, 3.8) is 0 Å². The predicted octanol–water partition coefficient (Wildman–Crippen LogP) is 1.94. The van der Waals surface area contributed by atoms with Gasteiger partial charge in [0.1, 0.15) is 5.75 Å². The molecule has 0 aliphatic rings. The lowest BCUT2D eigenvalue weighted by atomic mass is 10.2. The minimum absolute atomic E-state index is 0.218. The van der Waals surface area contributed by atoms with Gasteiger partial charge in [-0.05, 0) is 25.0 Å². The largest absolute Gasteiger partial charge is 0.465 e. The Hall–Kier alpha value is -1.06. The van der Waals surface area contributed by atoms with Crippen LogP contribution < -0.4 is 4.74 Å². The molecule has 1 aromatic carbocycles. The van der Waals surface area contributed by atoms with Crippen molar-refractivity contribution in [1.82, 2.24) is 0 Å². The van der Waals surface area contributed by atoms with Crippen LogP contribution in [-0.2, 0) is 0 Å². The second-order valence-electron chi connectivity index (χ2n) is 3.46. The van der Waals surface area contributed by atoms with Gasteiger partial charge in [0.2, 0.25) is 0 Å². The normalized spacial score (nSPS) is 12.4. The van der Waals surface area contributed by atoms with Gasteiger partial charge >= 0.3 is 0 Å². The van der Waals surface area contributed by atoms with Crippen molar-refractivity contribution in [2.75, 3.05) is 6.61 Å². The van der Waals surface area contributed by atoms with Crippen LogP contribution in [0.15, 0.2) is 30.3 Å². The molecule has 3 heteroatoms. The van der Waals surface area contributed by atoms with Crippen molar-refractivity contribution in [2.45, 2.75) is 32.0 Å². The van der Waals surface area contributed by atoms with Gasteiger partial charge in [0.05, 0.1) is 0 Å². The fourth-order valence-corrected chi connectivity index (χ4v) is 1.32. The molecule has 0 saturated carbocycles. The van der Waals surface area contributed by atoms with E-state index in [1.54, 1.807) is 0 Å². The number of hydrogen-bond donors (Lipinski definition) is 2. The molecule has 0 bridgehead atoms. The number of para-hydroxylation sites is 1. The summed E-state index contributed by atoms with van der Waals surface area (Å²) in [6.07, 6.45) is 2.44. The van der Waals surface area contributed by atoms with Gasteiger partial charge in [-0.15, -0.1) is 0 Å². The Morgan fingerprint density at radius 1 is 1.07 bits per heavy atom. The zero-order valence-corrected chi connectivity index (χ0v) is 8.80. The van der Waals surface area contributed by atoms with Crippen LogP contribution in [0.25, 0.3) is 0 Å². The van der Waals surface area contributed by atoms with Gasteiger partial charge in [-0.25, -0.2) is 0 Å². The molecule has 15 heavy (non-hydrogen) atoms. The summed E-state index contributed by atoms with van der Waals surface area (Å²) in [7, 11) is 0. The van der Waals surface area contributed by atoms with E-state index in [1.165, 1.54) is 0 Å². The summed E-state index contributed by atoms with van der Waals surface area (Å²) < 4.78 is 5.29. The number of ether oxygens (including phenoxy) is 1. The molecule has 0 spiro atoms. The van der Waals surface area contributed by atoms with Crippen molar-refractivity contribution in [3.05, 3.63) is 30.3 Å². The molecule has 1 atom stereocenters. The first-order chi connectivity index (χ1) is 7.33. The fraction of sp³-hybridized carbons (Fsp3) is 0.500. The van der Waals surface area contributed by atoms with E-state index in [-0.39, 0.29) is 6.61 Å². The smallest absolute Gasteiger partial charge is 0.197 e. The van der Waals surface area contributed by atoms with Crippen molar-refractivity contribution >= 4 is 0 Å². The number of benzene rings is 1. The third-order valence-corrected chi connectivity index (χ3v) is 2.12. The maximum absolute atomic E-state index is 9.52. The van der Waals surface area contributed by atoms with Crippen LogP contribution in [-0.4, -0.2) is 23.1 Å². The number of hydrogen-bond acceptors (Lipinski definition) is 3. The fourth-order valence-electron chi connectivity index (χ4n) is 1.32. The molecule has 0 aromatic heterocycles. The molecule has 0 amide bonds. The molecule has 0 fully saturated rings. The van der Waals surface area contributed by atoms with E-state index in [0.717, 1.165) is 19.3 Å². The van der Waals surface area contributed by atoms with Gasteiger partial charge in [-0.1, -0.05) is 24.6 Å². The summed E-state index contributed by atoms with van der Waals surface area (Å²) in [5.41, 5.74) is 0. The van der Waals surface area contributed by atoms with Crippen LogP contribution in [0.4, 0.5) is 0 Å². The maximum Gasteiger partial charge on any atom is 0.197 e. The number of rotatable bonds is 7. The van der Waals surface area contributed by atoms with Gasteiger partial charge in [0, 0.05) is 13.0 Å². The number of unbranched alkanes of at least 4 members (excludes halogenated alkanes) is 2. The first kappa shape index (κ1) is 12.0. The Labute approximate surface area is 90.3 Å². The van der Waals surface area contributed by atoms with Crippen molar-refractivity contribution < 1.29 is 14.9 Å². The summed E-state index contributed by atoms with van der Waals surface area (Å²) in [5, 5.41) is 18.1. The Kier molecular flexibility index (Phi) is 5.81. The van der Waals surface area contributed by atoms with Crippen LogP contribution in [0.5, 0.6) is 5.75 Å². The highest BCUT2D eigenvalue weighted by molar-refractivity contribution is 5.20. The molecule has 84 valence electrons. The maximum atomic E-state index is 9.52. The molecule has 0 radical (unpaired) electrons. The highest BCUT2D eigenvalue weighted by atomic mass is 16.6. The Balaban J connectivity index is 2.16. The molecule has 0 aliphatic heterocycles. The summed E-state index contributed by atoms with van der Waals surface area (Å²) in [6.45, 7) is 0.218. The van der Waals surface area contributed by atoms with Crippen molar-refractivity contribution in [1.29, 1.82) is 0 Å². The lowest BCUT2D eigenvalue weighted by Crippen LogP contribution is -2.15. The molecule has 0 aliphatic carbocycles. The van der Waals surface area contributed by atoms with Gasteiger partial charge in [-0.3, -0.25) is 0 Å². The van der Waals surface area contributed by atoms with Crippen LogP contribution in [0.3, 0.4) is 0 Å². The predicted molar refractivity (Wildman–Crippen MR) is 58.6 cm³/mol. The zero-order valence-electron chi connectivity index (χ0n) is 8.80. The van der Waals surface area contributed by atoms with E-state index in [4.69, 9.17) is 9.84 Å². The van der Waals surface area contributed by atoms with Crippen molar-refractivity contribution in [3.8, 4) is 5.75 Å². The average Bonchev–Trinajstić information content (AvgIpc) is 2.26. The molecule has 1 unspecified atom stereocenters. The molecule has 2 N–H and O–H groups in total. The summed E-state index contributed by atoms with van der Waals surface area (Å²) in [4.78, 5) is 0. The van der Waals surface area contributed by atoms with Gasteiger partial charge < -0.3 is 14.9 Å². The molecule has 3 nitrogen and oxygen atoms in total. The minimum Gasteiger partial charge on any atom is -0.465 e. The summed E-state index contributed by atoms with van der Waals surface area (Å²) >= 11 is 0. The lowest BCUT2D eigenvalue weighted by molar-refractivity contribution is -0.0247. The lowest BCUT2D eigenvalue weighted by Gasteiger charge is -2.12. The minimum atomic E-state index is -0.744. The average molecular weight is 210 g/mol. The van der Waals surface area contributed by atoms with E-state index in [2.05, 4.69) is 0 Å². The number of aliphatic hydroxyl groups is 2. The molecule has 0 heterocycles. The Morgan fingerprint density at radius 2 is 1.80 bits per heavy atom. The molecule has 0 saturated heterocycles. The van der Waals surface area contributed by atoms with Crippen LogP contribution in [0.2, 0.25) is 0 Å². The summed E-state index contributed by atoms with van der Waals surface area (Å²) in [6, 6.07) is 9.27. The topological polar surface area (TPSA) is 49.7 Å². The molecular weight excluding hydrogens is 192 g/mol. The van der Waals surface area contributed by atoms with E-state index >= 15 is 0 Å². The van der Waals surface area contributed by atoms with E-state index < -0.39 is 6.29 Å². The van der Waals surface area contributed by atoms with E-state index in [0.29, 0.717) is 12.2 Å².